The maximum absolute atomic E-state index is 8.74. The molecular weight excluding hydrogens is 180 g/mol. The van der Waals surface area contributed by atoms with Crippen LogP contribution in [0.5, 0.6) is 0 Å². The van der Waals surface area contributed by atoms with Gasteiger partial charge in [-0.1, -0.05) is 6.92 Å². The van der Waals surface area contributed by atoms with Crippen LogP contribution in [-0.4, -0.2) is 38.8 Å². The Morgan fingerprint density at radius 2 is 1.27 bits per heavy atom. The van der Waals surface area contributed by atoms with Crippen molar-refractivity contribution in [3.8, 4) is 0 Å². The zero-order valence-corrected chi connectivity index (χ0v) is 6.48. The van der Waals surface area contributed by atoms with Crippen molar-refractivity contribution < 1.29 is 32.8 Å². The molecule has 0 amide bonds. The van der Waals surface area contributed by atoms with E-state index in [1.54, 1.807) is 0 Å². The second-order valence-corrected chi connectivity index (χ2v) is 2.47. The van der Waals surface area contributed by atoms with Crippen molar-refractivity contribution in [2.24, 2.45) is 0 Å². The van der Waals surface area contributed by atoms with Crippen molar-refractivity contribution in [3.05, 3.63) is 0 Å². The molecule has 0 bridgehead atoms. The van der Waals surface area contributed by atoms with Crippen molar-refractivity contribution >= 4 is 10.4 Å². The van der Waals surface area contributed by atoms with Gasteiger partial charge >= 0.3 is 10.4 Å². The summed E-state index contributed by atoms with van der Waals surface area (Å²) in [4.78, 5) is 0. The fraction of sp³-hybridized carbons (Fsp3) is 1.00. The molecule has 0 fully saturated rings. The molecule has 0 aliphatic carbocycles. The molecule has 0 aromatic carbocycles. The van der Waals surface area contributed by atoms with Gasteiger partial charge in [-0.05, 0) is 0 Å². The van der Waals surface area contributed by atoms with Gasteiger partial charge in [-0.15, -0.1) is 0 Å². The van der Waals surface area contributed by atoms with Crippen molar-refractivity contribution in [1.82, 2.24) is 0 Å². The first-order chi connectivity index (χ1) is 4.56. The van der Waals surface area contributed by atoms with E-state index in [1.807, 2.05) is 0 Å². The third kappa shape index (κ3) is 77.4. The first-order valence-electron chi connectivity index (χ1n) is 2.43. The van der Waals surface area contributed by atoms with E-state index in [4.69, 9.17) is 32.8 Å². The van der Waals surface area contributed by atoms with Crippen molar-refractivity contribution in [1.29, 1.82) is 0 Å². The molecule has 70 valence electrons. The summed E-state index contributed by atoms with van der Waals surface area (Å²) in [6, 6.07) is 0. The molecule has 0 heterocycles. The zero-order chi connectivity index (χ0) is 9.71. The highest BCUT2D eigenvalue weighted by Gasteiger charge is 2.11. The van der Waals surface area contributed by atoms with E-state index >= 15 is 0 Å². The third-order valence-corrected chi connectivity index (χ3v) is 0.474. The van der Waals surface area contributed by atoms with Gasteiger partial charge in [0.15, 0.2) is 0 Å². The molecule has 0 unspecified atom stereocenters. The fourth-order valence-electron chi connectivity index (χ4n) is 0. The van der Waals surface area contributed by atoms with E-state index in [0.717, 1.165) is 0 Å². The average Bonchev–Trinajstić information content (AvgIpc) is 1.59. The highest BCUT2D eigenvalue weighted by molar-refractivity contribution is 7.79. The molecule has 0 aliphatic rings. The lowest BCUT2D eigenvalue weighted by Crippen LogP contribution is -2.24. The van der Waals surface area contributed by atoms with Crippen LogP contribution in [0.25, 0.3) is 0 Å². The molecule has 0 aromatic heterocycles. The van der Waals surface area contributed by atoms with Gasteiger partial charge in [0.05, 0.1) is 0 Å². The molecule has 11 heavy (non-hydrogen) atoms. The Labute approximate surface area is 63.5 Å². The van der Waals surface area contributed by atoms with E-state index in [1.165, 1.54) is 6.92 Å². The van der Waals surface area contributed by atoms with Crippen LogP contribution in [0.4, 0.5) is 0 Å². The van der Waals surface area contributed by atoms with Crippen LogP contribution < -0.4 is 0 Å². The number of hydrogen-bond acceptors (Lipinski definition) is 5. The molecule has 0 saturated heterocycles. The minimum absolute atomic E-state index is 0.0625. The summed E-state index contributed by atoms with van der Waals surface area (Å²) in [5, 5.41) is 23.8. The molecule has 7 nitrogen and oxygen atoms in total. The topological polar surface area (TPSA) is 135 Å². The summed E-state index contributed by atoms with van der Waals surface area (Å²) in [6.07, 6.45) is -0.0625. The quantitative estimate of drug-likeness (QED) is 0.247. The summed E-state index contributed by atoms with van der Waals surface area (Å²) in [5.74, 6) is -2.46. The summed E-state index contributed by atoms with van der Waals surface area (Å²) >= 11 is 0. The van der Waals surface area contributed by atoms with Gasteiger partial charge in [-0.2, -0.15) is 8.42 Å². The smallest absolute Gasteiger partial charge is 0.344 e. The Hall–Kier alpha value is -0.250. The standard InChI is InChI=1S/C3H8O3.H2O4S/c1-2-3(4,5)6;1-5(2,3)4/h4-6H,2H2,1H3;(H2,1,2,3,4). The van der Waals surface area contributed by atoms with E-state index < -0.39 is 16.4 Å². The largest absolute Gasteiger partial charge is 0.394 e. The predicted octanol–water partition coefficient (Wildman–Crippen LogP) is -1.63. The van der Waals surface area contributed by atoms with Crippen LogP contribution in [-0.2, 0) is 10.4 Å². The number of rotatable bonds is 1. The molecule has 0 atom stereocenters. The van der Waals surface area contributed by atoms with Crippen molar-refractivity contribution in [2.75, 3.05) is 0 Å². The average molecular weight is 190 g/mol. The second-order valence-electron chi connectivity index (χ2n) is 1.58. The van der Waals surface area contributed by atoms with Gasteiger partial charge in [-0.3, -0.25) is 9.11 Å². The summed E-state index contributed by atoms with van der Waals surface area (Å²) in [6.45, 7) is 1.46. The Morgan fingerprint density at radius 3 is 1.27 bits per heavy atom. The Bertz CT molecular complexity index is 166. The summed E-state index contributed by atoms with van der Waals surface area (Å²) in [7, 11) is -4.67. The maximum atomic E-state index is 8.74. The second kappa shape index (κ2) is 4.59. The molecule has 5 N–H and O–H groups in total. The molecule has 0 aromatic rings. The predicted molar refractivity (Wildman–Crippen MR) is 33.9 cm³/mol. The van der Waals surface area contributed by atoms with Crippen LogP contribution in [0, 0.1) is 0 Å². The van der Waals surface area contributed by atoms with Crippen molar-refractivity contribution in [3.63, 3.8) is 0 Å². The Kier molecular flexibility index (Phi) is 5.57. The first-order valence-corrected chi connectivity index (χ1v) is 3.83. The molecular formula is C3H10O7S. The molecule has 0 radical (unpaired) electrons. The lowest BCUT2D eigenvalue weighted by molar-refractivity contribution is -0.312. The molecule has 0 saturated carbocycles. The van der Waals surface area contributed by atoms with Crippen LogP contribution in [0.3, 0.4) is 0 Å². The minimum Gasteiger partial charge on any atom is -0.344 e. The highest BCUT2D eigenvalue weighted by atomic mass is 32.3. The molecule has 0 aliphatic heterocycles. The van der Waals surface area contributed by atoms with Crippen LogP contribution >= 0.6 is 0 Å². The molecule has 0 spiro atoms. The SMILES string of the molecule is CCC(O)(O)O.O=S(=O)(O)O. The Balaban J connectivity index is 0. The Morgan fingerprint density at radius 1 is 1.18 bits per heavy atom. The minimum atomic E-state index is -4.67. The van der Waals surface area contributed by atoms with Gasteiger partial charge in [0, 0.05) is 6.42 Å². The van der Waals surface area contributed by atoms with Gasteiger partial charge in [0.25, 0.3) is 5.97 Å². The molecule has 0 rings (SSSR count). The van der Waals surface area contributed by atoms with E-state index in [9.17, 15) is 0 Å². The number of aliphatic hydroxyl groups is 3. The van der Waals surface area contributed by atoms with E-state index in [0.29, 0.717) is 0 Å². The maximum Gasteiger partial charge on any atom is 0.394 e. The summed E-state index contributed by atoms with van der Waals surface area (Å²) < 4.78 is 31.6. The monoisotopic (exact) mass is 190 g/mol. The zero-order valence-electron chi connectivity index (χ0n) is 5.67. The van der Waals surface area contributed by atoms with Crippen LogP contribution in [0.1, 0.15) is 13.3 Å². The van der Waals surface area contributed by atoms with Crippen LogP contribution in [0.2, 0.25) is 0 Å². The number of hydrogen-bond donors (Lipinski definition) is 5. The first kappa shape index (κ1) is 13.3. The lowest BCUT2D eigenvalue weighted by Gasteiger charge is -2.08. The van der Waals surface area contributed by atoms with Gasteiger partial charge in [-0.25, -0.2) is 0 Å². The third-order valence-electron chi connectivity index (χ3n) is 0.474. The lowest BCUT2D eigenvalue weighted by atomic mass is 10.4. The van der Waals surface area contributed by atoms with Crippen molar-refractivity contribution in [2.45, 2.75) is 19.3 Å². The normalized spacial score (nSPS) is 11.8. The van der Waals surface area contributed by atoms with Gasteiger partial charge < -0.3 is 15.3 Å². The van der Waals surface area contributed by atoms with Gasteiger partial charge in [0.2, 0.25) is 0 Å². The van der Waals surface area contributed by atoms with Gasteiger partial charge in [0.1, 0.15) is 0 Å². The molecule has 8 heteroatoms. The highest BCUT2D eigenvalue weighted by Crippen LogP contribution is 1.95. The summed E-state index contributed by atoms with van der Waals surface area (Å²) in [5.41, 5.74) is 0. The fourth-order valence-corrected chi connectivity index (χ4v) is 0. The van der Waals surface area contributed by atoms with E-state index in [2.05, 4.69) is 0 Å². The van der Waals surface area contributed by atoms with Crippen LogP contribution in [0.15, 0.2) is 0 Å². The van der Waals surface area contributed by atoms with E-state index in [-0.39, 0.29) is 6.42 Å².